The normalized spacial score (nSPS) is 12.8. The quantitative estimate of drug-likeness (QED) is 0.112. The molecule has 5 heteroatoms. The number of nitrogens with zero attached hydrogens (tertiary/aromatic N) is 2. The van der Waals surface area contributed by atoms with Gasteiger partial charge in [-0.1, -0.05) is 189 Å². The average Bonchev–Trinajstić information content (AvgIpc) is 3.95. The molecule has 0 spiro atoms. The molecule has 3 heterocycles. The zero-order valence-corrected chi connectivity index (χ0v) is 37.8. The minimum atomic E-state index is -1.31. The Hall–Kier alpha value is -5.71. The van der Waals surface area contributed by atoms with Crippen LogP contribution in [0.3, 0.4) is 0 Å². The second-order valence-electron chi connectivity index (χ2n) is 16.7. The van der Waals surface area contributed by atoms with Gasteiger partial charge in [-0.25, -0.2) is 0 Å². The van der Waals surface area contributed by atoms with Crippen LogP contribution in [0.5, 0.6) is 0 Å². The third-order valence-electron chi connectivity index (χ3n) is 11.6. The van der Waals surface area contributed by atoms with Gasteiger partial charge >= 0.3 is 0 Å². The van der Waals surface area contributed by atoms with E-state index < -0.39 is 8.07 Å². The standard InChI is InChI=1S/C35H28NO.C20H20NSi.Ir/c1-2-9-26(10-3-1)27-13-15-28(16-14-27)30-11-6-12-33-35(30)31-18-17-29(23-34(31)37-33)32-22-25(19-20-36-32)21-24-7-4-5-8-24;1-22(2,3)17-13-14-20(21-15-17)19-12-8-7-11-18(19)16-9-5-4-6-10-16;/h1-3,6,9-20,22,24H,4-5,7-8,21H2;4-11,13-15H,1-3H3;/q2*-1;. The molecule has 299 valence electrons. The molecule has 3 aromatic heterocycles. The van der Waals surface area contributed by atoms with Crippen molar-refractivity contribution in [2.75, 3.05) is 0 Å². The number of hydrogen-bond donors (Lipinski definition) is 0. The van der Waals surface area contributed by atoms with Crippen molar-refractivity contribution in [3.05, 3.63) is 188 Å². The maximum atomic E-state index is 6.32. The molecule has 0 bridgehead atoms. The van der Waals surface area contributed by atoms with Crippen LogP contribution in [0.4, 0.5) is 0 Å². The predicted octanol–water partition coefficient (Wildman–Crippen LogP) is 14.3. The summed E-state index contributed by atoms with van der Waals surface area (Å²) in [7, 11) is -1.31. The third kappa shape index (κ3) is 9.05. The van der Waals surface area contributed by atoms with Gasteiger partial charge in [-0.3, -0.25) is 0 Å². The fraction of sp³-hybridized carbons (Fsp3) is 0.164. The molecule has 1 aliphatic carbocycles. The van der Waals surface area contributed by atoms with E-state index in [9.17, 15) is 0 Å². The molecule has 0 atom stereocenters. The van der Waals surface area contributed by atoms with E-state index in [1.165, 1.54) is 69.8 Å². The van der Waals surface area contributed by atoms with E-state index in [4.69, 9.17) is 9.40 Å². The Bertz CT molecular complexity index is 2820. The van der Waals surface area contributed by atoms with Crippen LogP contribution in [0.2, 0.25) is 19.6 Å². The second-order valence-corrected chi connectivity index (χ2v) is 21.8. The van der Waals surface area contributed by atoms with Gasteiger partial charge in [-0.05, 0) is 68.7 Å². The van der Waals surface area contributed by atoms with Gasteiger partial charge in [0.25, 0.3) is 0 Å². The third-order valence-corrected chi connectivity index (χ3v) is 13.7. The summed E-state index contributed by atoms with van der Waals surface area (Å²) in [4.78, 5) is 9.38. The van der Waals surface area contributed by atoms with Crippen molar-refractivity contribution < 1.29 is 24.5 Å². The molecule has 60 heavy (non-hydrogen) atoms. The van der Waals surface area contributed by atoms with E-state index >= 15 is 0 Å². The fourth-order valence-electron chi connectivity index (χ4n) is 8.41. The van der Waals surface area contributed by atoms with Gasteiger partial charge in [0, 0.05) is 32.5 Å². The Morgan fingerprint density at radius 3 is 2.03 bits per heavy atom. The van der Waals surface area contributed by atoms with Gasteiger partial charge in [-0.15, -0.1) is 47.5 Å². The van der Waals surface area contributed by atoms with Crippen molar-refractivity contribution in [1.82, 2.24) is 9.97 Å². The molecule has 1 aliphatic rings. The van der Waals surface area contributed by atoms with Crippen molar-refractivity contribution >= 4 is 35.2 Å². The van der Waals surface area contributed by atoms with Gasteiger partial charge in [0.2, 0.25) is 0 Å². The number of furan rings is 1. The summed E-state index contributed by atoms with van der Waals surface area (Å²) in [6, 6.07) is 62.1. The Balaban J connectivity index is 0.000000186. The molecule has 1 fully saturated rings. The van der Waals surface area contributed by atoms with Crippen molar-refractivity contribution in [2.24, 2.45) is 5.92 Å². The first-order chi connectivity index (χ1) is 28.9. The molecular weight excluding hydrogens is 925 g/mol. The monoisotopic (exact) mass is 973 g/mol. The number of pyridine rings is 2. The predicted molar refractivity (Wildman–Crippen MR) is 249 cm³/mol. The summed E-state index contributed by atoms with van der Waals surface area (Å²) >= 11 is 0. The molecule has 1 saturated carbocycles. The topological polar surface area (TPSA) is 38.9 Å². The molecule has 0 unspecified atom stereocenters. The summed E-state index contributed by atoms with van der Waals surface area (Å²) in [6.45, 7) is 7.02. The molecule has 0 amide bonds. The Kier molecular flexibility index (Phi) is 12.5. The van der Waals surface area contributed by atoms with Gasteiger partial charge < -0.3 is 14.4 Å². The van der Waals surface area contributed by atoms with Gasteiger partial charge in [0.1, 0.15) is 5.58 Å². The Labute approximate surface area is 369 Å². The first-order valence-electron chi connectivity index (χ1n) is 20.9. The SMILES string of the molecule is C[Si](C)(C)c1ccc(-c2[c-]cccc2-c2ccccc2)nc1.[Ir].[c-]1c(-c2cc(CC3CCCC3)ccn2)ccc2c1oc1cccc(-c3ccc(-c4ccccc4)cc3)c12. The molecule has 0 aliphatic heterocycles. The molecule has 6 aromatic carbocycles. The van der Waals surface area contributed by atoms with Crippen LogP contribution in [0.25, 0.3) is 77.8 Å². The summed E-state index contributed by atoms with van der Waals surface area (Å²) in [6.07, 6.45) is 10.6. The molecule has 1 radical (unpaired) electrons. The smallest absolute Gasteiger partial charge is 0.124 e. The number of rotatable bonds is 8. The molecule has 10 rings (SSSR count). The van der Waals surface area contributed by atoms with Crippen molar-refractivity contribution in [2.45, 2.75) is 51.7 Å². The zero-order chi connectivity index (χ0) is 40.2. The van der Waals surface area contributed by atoms with Crippen LogP contribution in [0.15, 0.2) is 175 Å². The molecule has 3 nitrogen and oxygen atoms in total. The Morgan fingerprint density at radius 1 is 0.633 bits per heavy atom. The van der Waals surface area contributed by atoms with Crippen LogP contribution in [0, 0.1) is 18.1 Å². The van der Waals surface area contributed by atoms with E-state index in [2.05, 4.69) is 164 Å². The van der Waals surface area contributed by atoms with Crippen molar-refractivity contribution in [3.8, 4) is 55.9 Å². The number of aromatic nitrogens is 2. The minimum absolute atomic E-state index is 0. The zero-order valence-electron chi connectivity index (χ0n) is 34.4. The van der Waals surface area contributed by atoms with E-state index in [1.807, 2.05) is 42.7 Å². The van der Waals surface area contributed by atoms with Crippen molar-refractivity contribution in [3.63, 3.8) is 0 Å². The average molecular weight is 973 g/mol. The van der Waals surface area contributed by atoms with E-state index in [0.29, 0.717) is 0 Å². The first kappa shape index (κ1) is 41.0. The van der Waals surface area contributed by atoms with Crippen molar-refractivity contribution in [1.29, 1.82) is 0 Å². The van der Waals surface area contributed by atoms with Gasteiger partial charge in [-0.2, -0.15) is 0 Å². The summed E-state index contributed by atoms with van der Waals surface area (Å²) in [5.74, 6) is 0.817. The fourth-order valence-corrected chi connectivity index (χ4v) is 9.44. The largest absolute Gasteiger partial charge is 0.477 e. The first-order valence-corrected chi connectivity index (χ1v) is 24.4. The molecule has 9 aromatic rings. The van der Waals surface area contributed by atoms with Crippen LogP contribution in [-0.4, -0.2) is 18.0 Å². The maximum Gasteiger partial charge on any atom is 0.124 e. The number of hydrogen-bond acceptors (Lipinski definition) is 3. The maximum absolute atomic E-state index is 6.32. The van der Waals surface area contributed by atoms with E-state index in [0.717, 1.165) is 56.8 Å². The molecule has 0 N–H and O–H groups in total. The number of benzene rings is 6. The van der Waals surface area contributed by atoms with Crippen LogP contribution in [0.1, 0.15) is 31.2 Å². The minimum Gasteiger partial charge on any atom is -0.477 e. The molecule has 0 saturated heterocycles. The van der Waals surface area contributed by atoms with Crippen LogP contribution < -0.4 is 5.19 Å². The summed E-state index contributed by atoms with van der Waals surface area (Å²) in [5.41, 5.74) is 14.2. The Morgan fingerprint density at radius 2 is 1.32 bits per heavy atom. The van der Waals surface area contributed by atoms with Gasteiger partial charge in [0.05, 0.1) is 13.7 Å². The van der Waals surface area contributed by atoms with Crippen LogP contribution >= 0.6 is 0 Å². The number of fused-ring (bicyclic) bond motifs is 3. The van der Waals surface area contributed by atoms with E-state index in [-0.39, 0.29) is 20.1 Å². The summed E-state index contributed by atoms with van der Waals surface area (Å²) in [5, 5.41) is 3.60. The second kappa shape index (κ2) is 18.3. The molecular formula is C55H48IrN2OSi-2. The van der Waals surface area contributed by atoms with E-state index in [1.54, 1.807) is 0 Å². The van der Waals surface area contributed by atoms with Crippen LogP contribution in [-0.2, 0) is 26.5 Å². The summed E-state index contributed by atoms with van der Waals surface area (Å²) < 4.78 is 6.32. The van der Waals surface area contributed by atoms with Gasteiger partial charge in [0.15, 0.2) is 0 Å².